The molecule has 3 heterocycles. The third-order valence-corrected chi connectivity index (χ3v) is 5.68. The first-order valence-corrected chi connectivity index (χ1v) is 9.49. The van der Waals surface area contributed by atoms with E-state index in [1.807, 2.05) is 57.4 Å². The number of hydrogen-bond acceptors (Lipinski definition) is 4. The van der Waals surface area contributed by atoms with Crippen molar-refractivity contribution in [2.75, 3.05) is 0 Å². The highest BCUT2D eigenvalue weighted by molar-refractivity contribution is 7.19. The lowest BCUT2D eigenvalue weighted by Gasteiger charge is -2.04. The predicted octanol–water partition coefficient (Wildman–Crippen LogP) is 4.03. The molecular formula is C21H19N3O2S. The number of H-pyrrole nitrogens is 1. The summed E-state index contributed by atoms with van der Waals surface area (Å²) in [5.74, 6) is 0.326. The van der Waals surface area contributed by atoms with Gasteiger partial charge in [0.2, 0.25) is 0 Å². The number of hydrogen-bond donors (Lipinski definition) is 1. The predicted molar refractivity (Wildman–Crippen MR) is 109 cm³/mol. The van der Waals surface area contributed by atoms with E-state index in [0.29, 0.717) is 21.7 Å². The average molecular weight is 377 g/mol. The van der Waals surface area contributed by atoms with E-state index in [4.69, 9.17) is 0 Å². The van der Waals surface area contributed by atoms with E-state index in [1.165, 1.54) is 16.9 Å². The van der Waals surface area contributed by atoms with Crippen LogP contribution in [0.4, 0.5) is 0 Å². The fourth-order valence-electron chi connectivity index (χ4n) is 3.31. The number of carbonyl (C=O) groups excluding carboxylic acids is 1. The molecule has 0 spiro atoms. The zero-order chi connectivity index (χ0) is 19.1. The highest BCUT2D eigenvalue weighted by Gasteiger charge is 2.18. The van der Waals surface area contributed by atoms with Crippen LogP contribution in [0.25, 0.3) is 21.3 Å². The Morgan fingerprint density at radius 3 is 2.59 bits per heavy atom. The highest BCUT2D eigenvalue weighted by Crippen LogP contribution is 2.35. The van der Waals surface area contributed by atoms with E-state index in [0.717, 1.165) is 16.0 Å². The van der Waals surface area contributed by atoms with Crippen LogP contribution in [0, 0.1) is 13.8 Å². The summed E-state index contributed by atoms with van der Waals surface area (Å²) >= 11 is 1.49. The van der Waals surface area contributed by atoms with E-state index in [-0.39, 0.29) is 17.8 Å². The van der Waals surface area contributed by atoms with Gasteiger partial charge in [-0.2, -0.15) is 0 Å². The Hall–Kier alpha value is -2.99. The van der Waals surface area contributed by atoms with Crippen LogP contribution in [0.3, 0.4) is 0 Å². The highest BCUT2D eigenvalue weighted by atomic mass is 32.1. The number of Topliss-reactive ketones (excluding diaryl/α,β-unsaturated/α-hetero) is 1. The van der Waals surface area contributed by atoms with Gasteiger partial charge in [0.25, 0.3) is 5.56 Å². The number of carbonyl (C=O) groups is 1. The smallest absolute Gasteiger partial charge is 0.260 e. The number of aromatic nitrogens is 3. The summed E-state index contributed by atoms with van der Waals surface area (Å²) in [6, 6.07) is 11.7. The third-order valence-electron chi connectivity index (χ3n) is 4.68. The SMILES string of the molecule is Cc1ccc(-c2c(C)sc3nc(CC(=O)c4cccn4C)[nH]c(=O)c23)cc1. The van der Waals surface area contributed by atoms with Gasteiger partial charge >= 0.3 is 0 Å². The van der Waals surface area contributed by atoms with Gasteiger partial charge in [-0.15, -0.1) is 11.3 Å². The molecular weight excluding hydrogens is 358 g/mol. The van der Waals surface area contributed by atoms with Crippen molar-refractivity contribution in [1.82, 2.24) is 14.5 Å². The second-order valence-electron chi connectivity index (χ2n) is 6.70. The molecule has 6 heteroatoms. The molecule has 3 aromatic heterocycles. The number of benzene rings is 1. The van der Waals surface area contributed by atoms with Crippen LogP contribution in [0.5, 0.6) is 0 Å². The van der Waals surface area contributed by atoms with E-state index in [1.54, 1.807) is 10.6 Å². The Bertz CT molecular complexity index is 1210. The first-order valence-electron chi connectivity index (χ1n) is 8.68. The van der Waals surface area contributed by atoms with Crippen LogP contribution >= 0.6 is 11.3 Å². The lowest BCUT2D eigenvalue weighted by Crippen LogP contribution is -2.16. The number of rotatable bonds is 4. The quantitative estimate of drug-likeness (QED) is 0.546. The summed E-state index contributed by atoms with van der Waals surface area (Å²) in [4.78, 5) is 34.4. The summed E-state index contributed by atoms with van der Waals surface area (Å²) in [7, 11) is 1.82. The zero-order valence-corrected chi connectivity index (χ0v) is 16.2. The Kier molecular flexibility index (Phi) is 4.28. The minimum absolute atomic E-state index is 0.0693. The van der Waals surface area contributed by atoms with Crippen molar-refractivity contribution in [3.8, 4) is 11.1 Å². The maximum atomic E-state index is 12.8. The van der Waals surface area contributed by atoms with E-state index in [2.05, 4.69) is 9.97 Å². The summed E-state index contributed by atoms with van der Waals surface area (Å²) in [6.45, 7) is 4.03. The van der Waals surface area contributed by atoms with Gasteiger partial charge in [-0.3, -0.25) is 9.59 Å². The third kappa shape index (κ3) is 3.13. The summed E-state index contributed by atoms with van der Waals surface area (Å²) < 4.78 is 1.77. The van der Waals surface area contributed by atoms with Gasteiger partial charge in [0.05, 0.1) is 17.5 Å². The summed E-state index contributed by atoms with van der Waals surface area (Å²) in [6.07, 6.45) is 1.89. The molecule has 136 valence electrons. The molecule has 0 amide bonds. The van der Waals surface area contributed by atoms with Crippen molar-refractivity contribution in [3.05, 3.63) is 74.9 Å². The largest absolute Gasteiger partial charge is 0.348 e. The second-order valence-corrected chi connectivity index (χ2v) is 7.90. The molecule has 0 saturated heterocycles. The number of fused-ring (bicyclic) bond motifs is 1. The first-order chi connectivity index (χ1) is 12.9. The monoisotopic (exact) mass is 377 g/mol. The van der Waals surface area contributed by atoms with Crippen LogP contribution in [0.1, 0.15) is 26.8 Å². The van der Waals surface area contributed by atoms with Crippen LogP contribution in [-0.2, 0) is 13.5 Å². The summed E-state index contributed by atoms with van der Waals surface area (Å²) in [5, 5.41) is 0.594. The number of thiophene rings is 1. The maximum Gasteiger partial charge on any atom is 0.260 e. The molecule has 0 unspecified atom stereocenters. The normalized spacial score (nSPS) is 11.2. The molecule has 4 rings (SSSR count). The Labute approximate surface area is 160 Å². The van der Waals surface area contributed by atoms with Crippen molar-refractivity contribution >= 4 is 27.3 Å². The van der Waals surface area contributed by atoms with Gasteiger partial charge in [-0.05, 0) is 31.5 Å². The van der Waals surface area contributed by atoms with Gasteiger partial charge in [0.15, 0.2) is 5.78 Å². The zero-order valence-electron chi connectivity index (χ0n) is 15.4. The molecule has 0 radical (unpaired) electrons. The van der Waals surface area contributed by atoms with Crippen molar-refractivity contribution in [2.24, 2.45) is 7.05 Å². The molecule has 0 saturated carbocycles. The van der Waals surface area contributed by atoms with Crippen molar-refractivity contribution < 1.29 is 4.79 Å². The Balaban J connectivity index is 1.77. The molecule has 1 aromatic carbocycles. The fraction of sp³-hybridized carbons (Fsp3) is 0.190. The number of ketones is 1. The summed E-state index contributed by atoms with van der Waals surface area (Å²) in [5.41, 5.74) is 3.49. The number of nitrogens with zero attached hydrogens (tertiary/aromatic N) is 2. The number of aromatic amines is 1. The number of nitrogens with one attached hydrogen (secondary N) is 1. The maximum absolute atomic E-state index is 12.8. The van der Waals surface area contributed by atoms with E-state index in [9.17, 15) is 9.59 Å². The van der Waals surface area contributed by atoms with E-state index < -0.39 is 0 Å². The van der Waals surface area contributed by atoms with Gasteiger partial charge in [0.1, 0.15) is 10.7 Å². The topological polar surface area (TPSA) is 67.8 Å². The molecule has 0 aliphatic carbocycles. The van der Waals surface area contributed by atoms with Crippen LogP contribution in [-0.4, -0.2) is 20.3 Å². The van der Waals surface area contributed by atoms with Crippen molar-refractivity contribution in [3.63, 3.8) is 0 Å². The molecule has 27 heavy (non-hydrogen) atoms. The van der Waals surface area contributed by atoms with Gasteiger partial charge in [0, 0.05) is 23.7 Å². The molecule has 1 N–H and O–H groups in total. The first kappa shape index (κ1) is 17.4. The van der Waals surface area contributed by atoms with Crippen LogP contribution in [0.15, 0.2) is 47.4 Å². The molecule has 5 nitrogen and oxygen atoms in total. The average Bonchev–Trinajstić information content (AvgIpc) is 3.18. The van der Waals surface area contributed by atoms with Gasteiger partial charge < -0.3 is 9.55 Å². The standard InChI is InChI=1S/C21H19N3O2S/c1-12-6-8-14(9-7-12)18-13(2)27-21-19(18)20(26)22-17(23-21)11-16(25)15-5-4-10-24(15)3/h4-10H,11H2,1-3H3,(H,22,23,26). The van der Waals surface area contributed by atoms with Crippen LogP contribution in [0.2, 0.25) is 0 Å². The Morgan fingerprint density at radius 1 is 1.19 bits per heavy atom. The van der Waals surface area contributed by atoms with Crippen LogP contribution < -0.4 is 5.56 Å². The number of aryl methyl sites for hydroxylation is 3. The molecule has 4 aromatic rings. The van der Waals surface area contributed by atoms with Gasteiger partial charge in [-0.25, -0.2) is 4.98 Å². The van der Waals surface area contributed by atoms with Gasteiger partial charge in [-0.1, -0.05) is 29.8 Å². The minimum Gasteiger partial charge on any atom is -0.348 e. The molecule has 0 aliphatic heterocycles. The lowest BCUT2D eigenvalue weighted by atomic mass is 10.0. The lowest BCUT2D eigenvalue weighted by molar-refractivity contribution is 0.0983. The van der Waals surface area contributed by atoms with Crippen molar-refractivity contribution in [2.45, 2.75) is 20.3 Å². The van der Waals surface area contributed by atoms with Crippen molar-refractivity contribution in [1.29, 1.82) is 0 Å². The molecule has 0 fully saturated rings. The van der Waals surface area contributed by atoms with E-state index >= 15 is 0 Å². The molecule has 0 bridgehead atoms. The molecule has 0 aliphatic rings. The minimum atomic E-state index is -0.199. The molecule has 0 atom stereocenters. The second kappa shape index (κ2) is 6.63. The fourth-order valence-corrected chi connectivity index (χ4v) is 4.37. The Morgan fingerprint density at radius 2 is 1.93 bits per heavy atom.